The highest BCUT2D eigenvalue weighted by molar-refractivity contribution is 4.96. The fourth-order valence-electron chi connectivity index (χ4n) is 2.61. The molecule has 1 heterocycles. The standard InChI is InChI=1S/C11H20O3/c1-13-10-7-11(12,8-10)6-9-2-4-14-5-3-9/h9-10,12H,2-8H2,1H3. The van der Waals surface area contributed by atoms with Crippen molar-refractivity contribution in [1.29, 1.82) is 0 Å². The molecule has 1 saturated carbocycles. The zero-order valence-corrected chi connectivity index (χ0v) is 8.87. The highest BCUT2D eigenvalue weighted by Crippen LogP contribution is 2.40. The molecule has 0 amide bonds. The monoisotopic (exact) mass is 200 g/mol. The topological polar surface area (TPSA) is 38.7 Å². The van der Waals surface area contributed by atoms with E-state index in [0.29, 0.717) is 12.0 Å². The fourth-order valence-corrected chi connectivity index (χ4v) is 2.61. The van der Waals surface area contributed by atoms with Crippen LogP contribution >= 0.6 is 0 Å². The molecule has 1 aliphatic carbocycles. The van der Waals surface area contributed by atoms with Gasteiger partial charge in [0.15, 0.2) is 0 Å². The molecule has 3 heteroatoms. The Kier molecular flexibility index (Phi) is 3.10. The molecule has 0 bridgehead atoms. The second-order valence-corrected chi connectivity index (χ2v) is 4.75. The minimum atomic E-state index is -0.428. The first kappa shape index (κ1) is 10.4. The lowest BCUT2D eigenvalue weighted by Crippen LogP contribution is -2.49. The van der Waals surface area contributed by atoms with Crippen LogP contribution in [0.3, 0.4) is 0 Å². The summed E-state index contributed by atoms with van der Waals surface area (Å²) in [7, 11) is 1.72. The lowest BCUT2D eigenvalue weighted by Gasteiger charge is -2.45. The molecule has 1 saturated heterocycles. The Morgan fingerprint density at radius 2 is 2.00 bits per heavy atom. The van der Waals surface area contributed by atoms with Gasteiger partial charge in [0.1, 0.15) is 0 Å². The van der Waals surface area contributed by atoms with Crippen LogP contribution in [0.1, 0.15) is 32.1 Å². The summed E-state index contributed by atoms with van der Waals surface area (Å²) in [6.45, 7) is 1.74. The van der Waals surface area contributed by atoms with Crippen molar-refractivity contribution in [2.24, 2.45) is 5.92 Å². The molecular weight excluding hydrogens is 180 g/mol. The van der Waals surface area contributed by atoms with Gasteiger partial charge in [-0.05, 0) is 25.2 Å². The summed E-state index contributed by atoms with van der Waals surface area (Å²) in [5.74, 6) is 0.659. The quantitative estimate of drug-likeness (QED) is 0.747. The molecule has 2 aliphatic rings. The Hall–Kier alpha value is -0.120. The van der Waals surface area contributed by atoms with E-state index in [1.165, 1.54) is 0 Å². The molecule has 0 atom stereocenters. The van der Waals surface area contributed by atoms with E-state index in [4.69, 9.17) is 9.47 Å². The Morgan fingerprint density at radius 1 is 1.36 bits per heavy atom. The summed E-state index contributed by atoms with van der Waals surface area (Å²) < 4.78 is 10.5. The molecular formula is C11H20O3. The van der Waals surface area contributed by atoms with Gasteiger partial charge in [-0.25, -0.2) is 0 Å². The van der Waals surface area contributed by atoms with Crippen LogP contribution in [0.5, 0.6) is 0 Å². The number of hydrogen-bond acceptors (Lipinski definition) is 3. The Morgan fingerprint density at radius 3 is 2.57 bits per heavy atom. The molecule has 2 rings (SSSR count). The normalized spacial score (nSPS) is 39.4. The first-order chi connectivity index (χ1) is 6.72. The molecule has 2 fully saturated rings. The predicted molar refractivity (Wildman–Crippen MR) is 53.1 cm³/mol. The van der Waals surface area contributed by atoms with Gasteiger partial charge in [-0.2, -0.15) is 0 Å². The molecule has 82 valence electrons. The summed E-state index contributed by atoms with van der Waals surface area (Å²) >= 11 is 0. The number of rotatable bonds is 3. The van der Waals surface area contributed by atoms with Crippen LogP contribution in [0.2, 0.25) is 0 Å². The second kappa shape index (κ2) is 4.17. The minimum Gasteiger partial charge on any atom is -0.390 e. The van der Waals surface area contributed by atoms with E-state index in [9.17, 15) is 5.11 Å². The first-order valence-corrected chi connectivity index (χ1v) is 5.55. The molecule has 14 heavy (non-hydrogen) atoms. The van der Waals surface area contributed by atoms with Gasteiger partial charge < -0.3 is 14.6 Å². The van der Waals surface area contributed by atoms with Crippen LogP contribution in [0.15, 0.2) is 0 Å². The highest BCUT2D eigenvalue weighted by Gasteiger charge is 2.44. The first-order valence-electron chi connectivity index (χ1n) is 5.55. The third kappa shape index (κ3) is 2.27. The maximum absolute atomic E-state index is 10.1. The van der Waals surface area contributed by atoms with Crippen molar-refractivity contribution in [2.75, 3.05) is 20.3 Å². The van der Waals surface area contributed by atoms with Crippen LogP contribution in [0.25, 0.3) is 0 Å². The second-order valence-electron chi connectivity index (χ2n) is 4.75. The Balaban J connectivity index is 1.74. The van der Waals surface area contributed by atoms with E-state index in [1.54, 1.807) is 7.11 Å². The third-order valence-electron chi connectivity index (χ3n) is 3.56. The van der Waals surface area contributed by atoms with Crippen LogP contribution in [0.4, 0.5) is 0 Å². The smallest absolute Gasteiger partial charge is 0.0699 e. The van der Waals surface area contributed by atoms with Gasteiger partial charge in [0.2, 0.25) is 0 Å². The van der Waals surface area contributed by atoms with Crippen molar-refractivity contribution in [3.05, 3.63) is 0 Å². The van der Waals surface area contributed by atoms with Crippen molar-refractivity contribution in [1.82, 2.24) is 0 Å². The van der Waals surface area contributed by atoms with E-state index >= 15 is 0 Å². The molecule has 1 N–H and O–H groups in total. The zero-order chi connectivity index (χ0) is 10.0. The summed E-state index contributed by atoms with van der Waals surface area (Å²) in [5.41, 5.74) is -0.428. The molecule has 3 nitrogen and oxygen atoms in total. The summed E-state index contributed by atoms with van der Waals surface area (Å²) in [6.07, 6.45) is 5.09. The number of aliphatic hydroxyl groups is 1. The predicted octanol–water partition coefficient (Wildman–Crippen LogP) is 1.34. The third-order valence-corrected chi connectivity index (χ3v) is 3.56. The van der Waals surface area contributed by atoms with Crippen molar-refractivity contribution < 1.29 is 14.6 Å². The van der Waals surface area contributed by atoms with Gasteiger partial charge in [-0.15, -0.1) is 0 Å². The zero-order valence-electron chi connectivity index (χ0n) is 8.87. The van der Waals surface area contributed by atoms with E-state index in [1.807, 2.05) is 0 Å². The lowest BCUT2D eigenvalue weighted by atomic mass is 9.71. The van der Waals surface area contributed by atoms with E-state index in [0.717, 1.165) is 45.3 Å². The van der Waals surface area contributed by atoms with Crippen LogP contribution in [-0.2, 0) is 9.47 Å². The molecule has 0 spiro atoms. The number of hydrogen-bond donors (Lipinski definition) is 1. The Bertz CT molecular complexity index is 181. The SMILES string of the molecule is COC1CC(O)(CC2CCOCC2)C1. The molecule has 0 unspecified atom stereocenters. The molecule has 1 aliphatic heterocycles. The molecule has 0 radical (unpaired) electrons. The number of ether oxygens (including phenoxy) is 2. The van der Waals surface area contributed by atoms with Crippen molar-refractivity contribution in [3.8, 4) is 0 Å². The Labute approximate surface area is 85.4 Å². The largest absolute Gasteiger partial charge is 0.390 e. The van der Waals surface area contributed by atoms with Gasteiger partial charge in [-0.3, -0.25) is 0 Å². The summed E-state index contributed by atoms with van der Waals surface area (Å²) in [4.78, 5) is 0. The van der Waals surface area contributed by atoms with Crippen LogP contribution in [0, 0.1) is 5.92 Å². The van der Waals surface area contributed by atoms with Crippen molar-refractivity contribution in [3.63, 3.8) is 0 Å². The fraction of sp³-hybridized carbons (Fsp3) is 1.00. The maximum atomic E-state index is 10.1. The van der Waals surface area contributed by atoms with Gasteiger partial charge >= 0.3 is 0 Å². The van der Waals surface area contributed by atoms with Crippen molar-refractivity contribution >= 4 is 0 Å². The van der Waals surface area contributed by atoms with Crippen molar-refractivity contribution in [2.45, 2.75) is 43.8 Å². The minimum absolute atomic E-state index is 0.292. The molecule has 0 aromatic rings. The van der Waals surface area contributed by atoms with Gasteiger partial charge in [-0.1, -0.05) is 0 Å². The summed E-state index contributed by atoms with van der Waals surface area (Å²) in [5, 5.41) is 10.1. The van der Waals surface area contributed by atoms with E-state index in [2.05, 4.69) is 0 Å². The van der Waals surface area contributed by atoms with E-state index in [-0.39, 0.29) is 0 Å². The van der Waals surface area contributed by atoms with Crippen LogP contribution in [-0.4, -0.2) is 37.1 Å². The molecule has 0 aromatic heterocycles. The van der Waals surface area contributed by atoms with Gasteiger partial charge in [0, 0.05) is 33.2 Å². The molecule has 0 aromatic carbocycles. The lowest BCUT2D eigenvalue weighted by molar-refractivity contribution is -0.142. The van der Waals surface area contributed by atoms with Crippen LogP contribution < -0.4 is 0 Å². The highest BCUT2D eigenvalue weighted by atomic mass is 16.5. The van der Waals surface area contributed by atoms with Gasteiger partial charge in [0.05, 0.1) is 11.7 Å². The average Bonchev–Trinajstić information content (AvgIpc) is 2.15. The number of methoxy groups -OCH3 is 1. The van der Waals surface area contributed by atoms with E-state index < -0.39 is 5.60 Å². The maximum Gasteiger partial charge on any atom is 0.0699 e. The average molecular weight is 200 g/mol. The van der Waals surface area contributed by atoms with Gasteiger partial charge in [0.25, 0.3) is 0 Å². The summed E-state index contributed by atoms with van der Waals surface area (Å²) in [6, 6.07) is 0.